The van der Waals surface area contributed by atoms with E-state index < -0.39 is 0 Å². The number of carbonyl (C=O) groups is 1. The Balaban J connectivity index is 1.26. The SMILES string of the molecule is Cc1cccc(OCC(=O)N2CCN(c3nnc(C4CCCCC4)s3)CC2)c1. The predicted molar refractivity (Wildman–Crippen MR) is 111 cm³/mol. The molecule has 0 spiro atoms. The van der Waals surface area contributed by atoms with Gasteiger partial charge in [0.1, 0.15) is 10.8 Å². The molecule has 6 nitrogen and oxygen atoms in total. The second kappa shape index (κ2) is 8.90. The first-order valence-electron chi connectivity index (χ1n) is 10.2. The zero-order chi connectivity index (χ0) is 19.3. The fourth-order valence-corrected chi connectivity index (χ4v) is 5.02. The van der Waals surface area contributed by atoms with Crippen LogP contribution in [0.15, 0.2) is 24.3 Å². The molecule has 1 aliphatic carbocycles. The van der Waals surface area contributed by atoms with Crippen molar-refractivity contribution in [1.82, 2.24) is 15.1 Å². The first-order chi connectivity index (χ1) is 13.7. The number of aromatic nitrogens is 2. The van der Waals surface area contributed by atoms with Crippen LogP contribution in [0.4, 0.5) is 5.13 Å². The highest BCUT2D eigenvalue weighted by Crippen LogP contribution is 2.36. The van der Waals surface area contributed by atoms with Crippen molar-refractivity contribution in [2.45, 2.75) is 44.9 Å². The maximum absolute atomic E-state index is 12.5. The molecule has 150 valence electrons. The lowest BCUT2D eigenvalue weighted by molar-refractivity contribution is -0.133. The van der Waals surface area contributed by atoms with E-state index >= 15 is 0 Å². The van der Waals surface area contributed by atoms with Gasteiger partial charge in [-0.3, -0.25) is 4.79 Å². The topological polar surface area (TPSA) is 58.6 Å². The van der Waals surface area contributed by atoms with Gasteiger partial charge in [0.25, 0.3) is 5.91 Å². The average Bonchev–Trinajstić information content (AvgIpc) is 3.23. The number of hydrogen-bond acceptors (Lipinski definition) is 6. The number of rotatable bonds is 5. The van der Waals surface area contributed by atoms with Crippen LogP contribution in [0.2, 0.25) is 0 Å². The zero-order valence-corrected chi connectivity index (χ0v) is 17.3. The summed E-state index contributed by atoms with van der Waals surface area (Å²) >= 11 is 1.74. The zero-order valence-electron chi connectivity index (χ0n) is 16.5. The van der Waals surface area contributed by atoms with E-state index in [0.29, 0.717) is 19.0 Å². The second-order valence-corrected chi connectivity index (χ2v) is 8.72. The number of hydrogen-bond donors (Lipinski definition) is 0. The van der Waals surface area contributed by atoms with Crippen molar-refractivity contribution in [3.63, 3.8) is 0 Å². The molecule has 2 fully saturated rings. The first kappa shape index (κ1) is 19.2. The summed E-state index contributed by atoms with van der Waals surface area (Å²) in [6.07, 6.45) is 6.47. The Hall–Kier alpha value is -2.15. The van der Waals surface area contributed by atoms with E-state index in [9.17, 15) is 4.79 Å². The lowest BCUT2D eigenvalue weighted by Crippen LogP contribution is -2.50. The predicted octanol–water partition coefficient (Wildman–Crippen LogP) is 3.62. The molecule has 1 aliphatic heterocycles. The summed E-state index contributed by atoms with van der Waals surface area (Å²) in [7, 11) is 0. The van der Waals surface area contributed by atoms with Crippen molar-refractivity contribution in [2.75, 3.05) is 37.7 Å². The van der Waals surface area contributed by atoms with E-state index in [1.54, 1.807) is 11.3 Å². The van der Waals surface area contributed by atoms with Gasteiger partial charge in [0, 0.05) is 32.1 Å². The van der Waals surface area contributed by atoms with Gasteiger partial charge in [0.15, 0.2) is 6.61 Å². The van der Waals surface area contributed by atoms with Crippen molar-refractivity contribution in [2.24, 2.45) is 0 Å². The van der Waals surface area contributed by atoms with Crippen molar-refractivity contribution in [3.8, 4) is 5.75 Å². The minimum Gasteiger partial charge on any atom is -0.484 e. The van der Waals surface area contributed by atoms with Gasteiger partial charge in [-0.25, -0.2) is 0 Å². The minimum atomic E-state index is 0.0429. The number of aryl methyl sites for hydroxylation is 1. The van der Waals surface area contributed by atoms with E-state index in [1.165, 1.54) is 37.1 Å². The quantitative estimate of drug-likeness (QED) is 0.767. The van der Waals surface area contributed by atoms with Gasteiger partial charge in [-0.15, -0.1) is 10.2 Å². The van der Waals surface area contributed by atoms with Gasteiger partial charge in [-0.2, -0.15) is 0 Å². The van der Waals surface area contributed by atoms with E-state index in [2.05, 4.69) is 15.1 Å². The lowest BCUT2D eigenvalue weighted by atomic mass is 9.90. The number of piperazine rings is 1. The fraction of sp³-hybridized carbons (Fsp3) is 0.571. The van der Waals surface area contributed by atoms with Crippen molar-refractivity contribution >= 4 is 22.4 Å². The summed E-state index contributed by atoms with van der Waals surface area (Å²) in [5.74, 6) is 1.39. The lowest BCUT2D eigenvalue weighted by Gasteiger charge is -2.34. The molecule has 2 heterocycles. The Morgan fingerprint density at radius 2 is 1.93 bits per heavy atom. The molecule has 7 heteroatoms. The number of amides is 1. The van der Waals surface area contributed by atoms with Crippen LogP contribution in [0.5, 0.6) is 5.75 Å². The van der Waals surface area contributed by atoms with E-state index in [0.717, 1.165) is 29.5 Å². The van der Waals surface area contributed by atoms with Crippen LogP contribution in [-0.2, 0) is 4.79 Å². The third-order valence-corrected chi connectivity index (χ3v) is 6.79. The van der Waals surface area contributed by atoms with E-state index in [4.69, 9.17) is 4.74 Å². The van der Waals surface area contributed by atoms with Gasteiger partial charge in [-0.05, 0) is 37.5 Å². The maximum atomic E-state index is 12.5. The Morgan fingerprint density at radius 3 is 2.68 bits per heavy atom. The molecule has 1 amide bonds. The molecule has 1 aromatic heterocycles. The molecule has 1 saturated carbocycles. The molecule has 2 aliphatic rings. The van der Waals surface area contributed by atoms with Crippen LogP contribution < -0.4 is 9.64 Å². The van der Waals surface area contributed by atoms with Gasteiger partial charge in [-0.1, -0.05) is 42.7 Å². The Kier molecular flexibility index (Phi) is 6.10. The maximum Gasteiger partial charge on any atom is 0.260 e. The Labute approximate surface area is 170 Å². The molecule has 2 aromatic rings. The summed E-state index contributed by atoms with van der Waals surface area (Å²) in [5, 5.41) is 11.1. The molecule has 0 N–H and O–H groups in total. The van der Waals surface area contributed by atoms with Crippen molar-refractivity contribution in [1.29, 1.82) is 0 Å². The Morgan fingerprint density at radius 1 is 1.14 bits per heavy atom. The molecule has 0 atom stereocenters. The first-order valence-corrected chi connectivity index (χ1v) is 11.1. The molecular formula is C21H28N4O2S. The largest absolute Gasteiger partial charge is 0.484 e. The summed E-state index contributed by atoms with van der Waals surface area (Å²) < 4.78 is 5.66. The molecule has 1 saturated heterocycles. The van der Waals surface area contributed by atoms with Crippen molar-refractivity contribution < 1.29 is 9.53 Å². The van der Waals surface area contributed by atoms with Crippen LogP contribution >= 0.6 is 11.3 Å². The van der Waals surface area contributed by atoms with Crippen LogP contribution in [0.3, 0.4) is 0 Å². The molecule has 0 unspecified atom stereocenters. The standard InChI is InChI=1S/C21H28N4O2S/c1-16-6-5-9-18(14-16)27-15-19(26)24-10-12-25(13-11-24)21-23-22-20(28-21)17-7-3-2-4-8-17/h5-6,9,14,17H,2-4,7-8,10-13,15H2,1H3. The van der Waals surface area contributed by atoms with Gasteiger partial charge >= 0.3 is 0 Å². The number of anilines is 1. The van der Waals surface area contributed by atoms with E-state index in [-0.39, 0.29) is 12.5 Å². The molecular weight excluding hydrogens is 372 g/mol. The minimum absolute atomic E-state index is 0.0429. The molecule has 1 aromatic carbocycles. The highest BCUT2D eigenvalue weighted by molar-refractivity contribution is 7.15. The summed E-state index contributed by atoms with van der Waals surface area (Å²) in [6.45, 7) is 5.11. The van der Waals surface area contributed by atoms with Crippen LogP contribution in [0.1, 0.15) is 48.6 Å². The highest BCUT2D eigenvalue weighted by Gasteiger charge is 2.25. The third kappa shape index (κ3) is 4.63. The van der Waals surface area contributed by atoms with Crippen LogP contribution in [0.25, 0.3) is 0 Å². The fourth-order valence-electron chi connectivity index (χ4n) is 3.96. The summed E-state index contributed by atoms with van der Waals surface area (Å²) in [5.41, 5.74) is 1.13. The van der Waals surface area contributed by atoms with Gasteiger partial charge < -0.3 is 14.5 Å². The molecule has 28 heavy (non-hydrogen) atoms. The molecule has 0 bridgehead atoms. The monoisotopic (exact) mass is 400 g/mol. The smallest absolute Gasteiger partial charge is 0.260 e. The molecule has 4 rings (SSSR count). The van der Waals surface area contributed by atoms with Crippen molar-refractivity contribution in [3.05, 3.63) is 34.8 Å². The summed E-state index contributed by atoms with van der Waals surface area (Å²) in [6, 6.07) is 7.79. The van der Waals surface area contributed by atoms with Crippen LogP contribution in [0, 0.1) is 6.92 Å². The second-order valence-electron chi connectivity index (χ2n) is 7.73. The number of benzene rings is 1. The number of nitrogens with zero attached hydrogens (tertiary/aromatic N) is 4. The van der Waals surface area contributed by atoms with Gasteiger partial charge in [0.05, 0.1) is 0 Å². The number of ether oxygens (including phenoxy) is 1. The normalized spacial score (nSPS) is 18.3. The average molecular weight is 401 g/mol. The van der Waals surface area contributed by atoms with E-state index in [1.807, 2.05) is 36.1 Å². The summed E-state index contributed by atoms with van der Waals surface area (Å²) in [4.78, 5) is 16.6. The van der Waals surface area contributed by atoms with Crippen LogP contribution in [-0.4, -0.2) is 53.8 Å². The highest BCUT2D eigenvalue weighted by atomic mass is 32.1. The number of carbonyl (C=O) groups excluding carboxylic acids is 1. The third-order valence-electron chi connectivity index (χ3n) is 5.64. The Bertz CT molecular complexity index is 795. The van der Waals surface area contributed by atoms with Gasteiger partial charge in [0.2, 0.25) is 5.13 Å². The molecule has 0 radical (unpaired) electrons.